The second-order valence-electron chi connectivity index (χ2n) is 12.9. The molecule has 2 aliphatic rings. The Morgan fingerprint density at radius 1 is 1.02 bits per heavy atom. The van der Waals surface area contributed by atoms with Crippen molar-refractivity contribution in [2.45, 2.75) is 94.8 Å². The fourth-order valence-corrected chi connectivity index (χ4v) is 6.47. The highest BCUT2D eigenvalue weighted by atomic mass is 32.2. The summed E-state index contributed by atoms with van der Waals surface area (Å²) in [4.78, 5) is 31.5. The molecule has 4 rings (SSSR count). The third-order valence-corrected chi connectivity index (χ3v) is 9.29. The van der Waals surface area contributed by atoms with Crippen molar-refractivity contribution in [1.82, 2.24) is 10.2 Å². The standard InChI is InChI=1S/C21H21F6NO2S.C6H11NO2.C5H10O2.C2H5NO/c1-3-16-8-6-14-12-15(19(29,20(22,23)24)21(25,26)27)7-11-18(14)28(16)31(30)17-9-4-13(2)5-10-17;1-7-3-2-5(4-7)6(8)9;1-5(2,3)7-4-6;1-3-2-4/h4-5,7,9-12,16,29H,3,6,8H2,1-2H3;5H,2-4H2,1H3,(H,8,9);4H,1-3H3;2H,1H3,(H,3,4)/t16-,31?;;;/m1.../s1. The number of rotatable bonds is 7. The molecule has 2 aliphatic heterocycles. The van der Waals surface area contributed by atoms with Gasteiger partial charge in [0.05, 0.1) is 16.5 Å². The van der Waals surface area contributed by atoms with Gasteiger partial charge in [0.2, 0.25) is 6.41 Å². The summed E-state index contributed by atoms with van der Waals surface area (Å²) in [5.74, 6) is -0.769. The maximum absolute atomic E-state index is 13.3. The molecule has 10 nitrogen and oxygen atoms in total. The lowest BCUT2D eigenvalue weighted by Crippen LogP contribution is -2.54. The molecule has 0 spiro atoms. The van der Waals surface area contributed by atoms with Crippen LogP contribution in [0.2, 0.25) is 0 Å². The molecule has 2 heterocycles. The first-order valence-corrected chi connectivity index (χ1v) is 17.0. The minimum atomic E-state index is -5.95. The van der Waals surface area contributed by atoms with Crippen LogP contribution in [-0.2, 0) is 42.1 Å². The lowest BCUT2D eigenvalue weighted by molar-refractivity contribution is -0.376. The van der Waals surface area contributed by atoms with Crippen LogP contribution in [0.5, 0.6) is 0 Å². The molecule has 1 fully saturated rings. The van der Waals surface area contributed by atoms with E-state index >= 15 is 0 Å². The highest BCUT2D eigenvalue weighted by molar-refractivity contribution is 7.86. The first-order chi connectivity index (χ1) is 23.5. The SMILES string of the molecule is CC(C)(C)OC=O.CC[C@@H]1CCc2cc(C(O)(C(F)(F)F)C(F)(F)F)ccc2N1S(=O)c1ccc(C)cc1.CN1CCC(C(=O)O)C1.CNC=O. The zero-order valence-electron chi connectivity index (χ0n) is 29.6. The number of hydrogen-bond acceptors (Lipinski definition) is 7. The molecule has 2 aromatic carbocycles. The molecule has 1 saturated heterocycles. The van der Waals surface area contributed by atoms with E-state index in [1.54, 1.807) is 31.3 Å². The highest BCUT2D eigenvalue weighted by Gasteiger charge is 2.71. The van der Waals surface area contributed by atoms with Gasteiger partial charge < -0.3 is 25.2 Å². The van der Waals surface area contributed by atoms with Crippen molar-refractivity contribution in [3.05, 3.63) is 59.2 Å². The lowest BCUT2D eigenvalue weighted by atomic mass is 9.87. The number of aliphatic hydroxyl groups is 1. The average Bonchev–Trinajstić information content (AvgIpc) is 3.49. The number of amides is 1. The number of nitrogens with one attached hydrogen (secondary N) is 1. The Morgan fingerprint density at radius 2 is 1.57 bits per heavy atom. The van der Waals surface area contributed by atoms with E-state index in [2.05, 4.69) is 10.1 Å². The Bertz CT molecular complexity index is 1440. The van der Waals surface area contributed by atoms with E-state index in [1.165, 1.54) is 4.31 Å². The fraction of sp³-hybridized carbons (Fsp3) is 0.559. The summed E-state index contributed by atoms with van der Waals surface area (Å²) < 4.78 is 98.9. The van der Waals surface area contributed by atoms with Crippen LogP contribution in [0.25, 0.3) is 0 Å². The summed E-state index contributed by atoms with van der Waals surface area (Å²) in [6.45, 7) is 11.3. The highest BCUT2D eigenvalue weighted by Crippen LogP contribution is 2.51. The van der Waals surface area contributed by atoms with Crippen LogP contribution < -0.4 is 9.62 Å². The summed E-state index contributed by atoms with van der Waals surface area (Å²) in [6, 6.07) is 9.10. The zero-order chi connectivity index (χ0) is 39.4. The van der Waals surface area contributed by atoms with Crippen molar-refractivity contribution in [3.63, 3.8) is 0 Å². The van der Waals surface area contributed by atoms with Gasteiger partial charge in [-0.2, -0.15) is 26.3 Å². The summed E-state index contributed by atoms with van der Waals surface area (Å²) in [7, 11) is 1.80. The molecule has 17 heteroatoms. The van der Waals surface area contributed by atoms with Crippen LogP contribution in [0.4, 0.5) is 32.0 Å². The Hall–Kier alpha value is -3.70. The van der Waals surface area contributed by atoms with Crippen LogP contribution >= 0.6 is 0 Å². The van der Waals surface area contributed by atoms with Crippen molar-refractivity contribution < 1.29 is 59.9 Å². The average molecular weight is 756 g/mol. The molecule has 2 aromatic rings. The predicted octanol–water partition coefficient (Wildman–Crippen LogP) is 5.90. The van der Waals surface area contributed by atoms with Gasteiger partial charge in [-0.3, -0.25) is 18.7 Å². The number of carbonyl (C=O) groups excluding carboxylic acids is 2. The minimum absolute atomic E-state index is 0.116. The second kappa shape index (κ2) is 19.2. The molecule has 3 atom stereocenters. The van der Waals surface area contributed by atoms with Crippen molar-refractivity contribution in [2.75, 3.05) is 31.5 Å². The third kappa shape index (κ3) is 12.8. The normalized spacial score (nSPS) is 18.3. The van der Waals surface area contributed by atoms with Crippen molar-refractivity contribution in [2.24, 2.45) is 5.92 Å². The number of aryl methyl sites for hydroxylation is 2. The maximum atomic E-state index is 13.3. The van der Waals surface area contributed by atoms with Gasteiger partial charge in [-0.25, -0.2) is 4.21 Å². The number of anilines is 1. The van der Waals surface area contributed by atoms with Gasteiger partial charge in [0.25, 0.3) is 12.1 Å². The van der Waals surface area contributed by atoms with E-state index in [1.807, 2.05) is 46.6 Å². The van der Waals surface area contributed by atoms with Gasteiger partial charge in [-0.1, -0.05) is 36.8 Å². The molecule has 0 saturated carbocycles. The van der Waals surface area contributed by atoms with Crippen LogP contribution in [0.3, 0.4) is 0 Å². The molecule has 0 aliphatic carbocycles. The number of carbonyl (C=O) groups is 3. The summed E-state index contributed by atoms with van der Waals surface area (Å²) in [6.07, 6.45) is -9.27. The van der Waals surface area contributed by atoms with Crippen molar-refractivity contribution in [1.29, 1.82) is 0 Å². The van der Waals surface area contributed by atoms with E-state index in [0.29, 0.717) is 42.4 Å². The van der Waals surface area contributed by atoms with Crippen LogP contribution in [0.15, 0.2) is 47.4 Å². The zero-order valence-corrected chi connectivity index (χ0v) is 30.4. The van der Waals surface area contributed by atoms with E-state index in [4.69, 9.17) is 9.90 Å². The largest absolute Gasteiger partial charge is 0.481 e. The predicted molar refractivity (Wildman–Crippen MR) is 180 cm³/mol. The number of alkyl halides is 6. The van der Waals surface area contributed by atoms with Crippen LogP contribution in [0, 0.1) is 12.8 Å². The number of benzene rings is 2. The molecule has 3 N–H and O–H groups in total. The van der Waals surface area contributed by atoms with E-state index in [-0.39, 0.29) is 29.5 Å². The number of halogens is 6. The number of carboxylic acid groups (broad SMARTS) is 1. The van der Waals surface area contributed by atoms with Crippen molar-refractivity contribution in [3.8, 4) is 0 Å². The van der Waals surface area contributed by atoms with E-state index < -0.39 is 40.5 Å². The summed E-state index contributed by atoms with van der Waals surface area (Å²) in [5.41, 5.74) is -5.18. The Balaban J connectivity index is 0.000000526. The third-order valence-electron chi connectivity index (χ3n) is 7.77. The quantitative estimate of drug-likeness (QED) is 0.235. The monoisotopic (exact) mass is 755 g/mol. The van der Waals surface area contributed by atoms with Crippen LogP contribution in [-0.4, -0.2) is 89.4 Å². The molecule has 51 heavy (non-hydrogen) atoms. The van der Waals surface area contributed by atoms with Gasteiger partial charge in [0.1, 0.15) is 5.60 Å². The maximum Gasteiger partial charge on any atom is 0.430 e. The number of carboxylic acids is 1. The molecule has 0 aromatic heterocycles. The van der Waals surface area contributed by atoms with Gasteiger partial charge in [0.15, 0.2) is 11.0 Å². The molecular weight excluding hydrogens is 708 g/mol. The number of ether oxygens (including phenoxy) is 1. The van der Waals surface area contributed by atoms with Gasteiger partial charge >= 0.3 is 18.3 Å². The first kappa shape index (κ1) is 45.3. The minimum Gasteiger partial charge on any atom is -0.481 e. The molecule has 2 unspecified atom stereocenters. The Labute approximate surface area is 296 Å². The van der Waals surface area contributed by atoms with Crippen molar-refractivity contribution >= 4 is 35.5 Å². The number of nitrogens with zero attached hydrogens (tertiary/aromatic N) is 2. The summed E-state index contributed by atoms with van der Waals surface area (Å²) in [5, 5.41) is 20.5. The molecule has 0 radical (unpaired) electrons. The Morgan fingerprint density at radius 3 is 1.92 bits per heavy atom. The number of aliphatic carboxylic acids is 1. The first-order valence-electron chi connectivity index (χ1n) is 15.9. The van der Waals surface area contributed by atoms with E-state index in [0.717, 1.165) is 37.2 Å². The smallest absolute Gasteiger partial charge is 0.430 e. The van der Waals surface area contributed by atoms with Gasteiger partial charge in [0, 0.05) is 25.2 Å². The molecule has 288 valence electrons. The fourth-order valence-electron chi connectivity index (χ4n) is 4.99. The molecular formula is C34H47F6N3O7S. The number of likely N-dealkylation sites (tertiary alicyclic amines) is 1. The van der Waals surface area contributed by atoms with E-state index in [9.17, 15) is 45.2 Å². The second-order valence-corrected chi connectivity index (χ2v) is 14.2. The van der Waals surface area contributed by atoms with Gasteiger partial charge in [-0.15, -0.1) is 0 Å². The lowest BCUT2D eigenvalue weighted by Gasteiger charge is -2.38. The number of hydrogen-bond donors (Lipinski definition) is 3. The summed E-state index contributed by atoms with van der Waals surface area (Å²) >= 11 is 0. The molecule has 0 bridgehead atoms. The topological polar surface area (TPSA) is 136 Å². The van der Waals surface area contributed by atoms with Crippen LogP contribution in [0.1, 0.15) is 63.6 Å². The molecule has 1 amide bonds. The number of fused-ring (bicyclic) bond motifs is 1. The Kier molecular flexibility index (Phi) is 17.1. The van der Waals surface area contributed by atoms with Gasteiger partial charge in [-0.05, 0) is 90.7 Å².